The lowest BCUT2D eigenvalue weighted by Crippen LogP contribution is -2.11. The molecule has 2 nitrogen and oxygen atoms in total. The number of benzene rings is 3. The van der Waals surface area contributed by atoms with Gasteiger partial charge in [0, 0.05) is 41.9 Å². The first kappa shape index (κ1) is 25.6. The second-order valence-corrected chi connectivity index (χ2v) is 9.26. The molecule has 0 bridgehead atoms. The number of halogens is 2. The molecule has 0 fully saturated rings. The summed E-state index contributed by atoms with van der Waals surface area (Å²) in [5.74, 6) is -2.48. The fraction of sp³-hybridized carbons (Fsp3) is 0.281. The zero-order valence-corrected chi connectivity index (χ0v) is 21.3. The lowest BCUT2D eigenvalue weighted by atomic mass is 9.86. The van der Waals surface area contributed by atoms with Crippen LogP contribution in [0.2, 0.25) is 0 Å². The molecule has 1 N–H and O–H groups in total. The third-order valence-corrected chi connectivity index (χ3v) is 6.86. The number of aliphatic imine (C=N–C) groups is 1. The summed E-state index contributed by atoms with van der Waals surface area (Å²) in [7, 11) is 0. The van der Waals surface area contributed by atoms with E-state index in [1.54, 1.807) is 24.3 Å². The van der Waals surface area contributed by atoms with Crippen molar-refractivity contribution in [3.8, 4) is 0 Å². The molecule has 1 aliphatic rings. The van der Waals surface area contributed by atoms with Crippen LogP contribution in [0.25, 0.3) is 11.3 Å². The van der Waals surface area contributed by atoms with Gasteiger partial charge in [0.05, 0.1) is 5.70 Å². The van der Waals surface area contributed by atoms with Crippen LogP contribution in [0.1, 0.15) is 54.5 Å². The van der Waals surface area contributed by atoms with E-state index >= 15 is 0 Å². The SMILES string of the molecule is CCC1C=CC=NC(c2ccccc2C)=C1c1ccc(NCCc2ccc(C(F)(F)CC)cc2)cc1. The molecule has 0 spiro atoms. The fourth-order valence-corrected chi connectivity index (χ4v) is 4.63. The van der Waals surface area contributed by atoms with Crippen LogP contribution in [0.5, 0.6) is 0 Å². The maximum Gasteiger partial charge on any atom is 0.273 e. The minimum absolute atomic E-state index is 0.0831. The van der Waals surface area contributed by atoms with Gasteiger partial charge in [-0.1, -0.05) is 80.6 Å². The van der Waals surface area contributed by atoms with Gasteiger partial charge in [0.2, 0.25) is 0 Å². The zero-order chi connectivity index (χ0) is 25.5. The molecule has 0 saturated carbocycles. The number of nitrogens with zero attached hydrogens (tertiary/aromatic N) is 1. The molecule has 4 heteroatoms. The Morgan fingerprint density at radius 1 is 0.917 bits per heavy atom. The Morgan fingerprint density at radius 3 is 2.31 bits per heavy atom. The van der Waals surface area contributed by atoms with Crippen molar-refractivity contribution in [2.75, 3.05) is 11.9 Å². The number of hydrogen-bond acceptors (Lipinski definition) is 2. The molecule has 3 aromatic rings. The predicted octanol–water partition coefficient (Wildman–Crippen LogP) is 8.69. The summed E-state index contributed by atoms with van der Waals surface area (Å²) in [6.45, 7) is 6.57. The van der Waals surface area contributed by atoms with Crippen molar-refractivity contribution in [2.45, 2.75) is 46.0 Å². The summed E-state index contributed by atoms with van der Waals surface area (Å²) in [6, 6.07) is 23.6. The van der Waals surface area contributed by atoms with Gasteiger partial charge in [-0.05, 0) is 60.2 Å². The Balaban J connectivity index is 1.50. The summed E-state index contributed by atoms with van der Waals surface area (Å²) < 4.78 is 27.7. The van der Waals surface area contributed by atoms with Crippen LogP contribution in [0.4, 0.5) is 14.5 Å². The highest BCUT2D eigenvalue weighted by Crippen LogP contribution is 2.38. The third kappa shape index (κ3) is 5.81. The van der Waals surface area contributed by atoms with E-state index in [0.717, 1.165) is 41.9 Å². The van der Waals surface area contributed by atoms with E-state index in [1.165, 1.54) is 23.6 Å². The Morgan fingerprint density at radius 2 is 1.64 bits per heavy atom. The summed E-state index contributed by atoms with van der Waals surface area (Å²) in [5.41, 5.74) is 7.97. The van der Waals surface area contributed by atoms with Gasteiger partial charge >= 0.3 is 0 Å². The monoisotopic (exact) mass is 484 g/mol. The van der Waals surface area contributed by atoms with Crippen LogP contribution in [0.15, 0.2) is 89.9 Å². The van der Waals surface area contributed by atoms with Gasteiger partial charge in [0.25, 0.3) is 5.92 Å². The molecule has 186 valence electrons. The van der Waals surface area contributed by atoms with Crippen LogP contribution < -0.4 is 5.32 Å². The summed E-state index contributed by atoms with van der Waals surface area (Å²) >= 11 is 0. The van der Waals surface area contributed by atoms with Crippen LogP contribution in [-0.4, -0.2) is 12.8 Å². The van der Waals surface area contributed by atoms with Crippen molar-refractivity contribution >= 4 is 23.2 Å². The van der Waals surface area contributed by atoms with Crippen LogP contribution >= 0.6 is 0 Å². The molecule has 0 aliphatic carbocycles. The largest absolute Gasteiger partial charge is 0.385 e. The Labute approximate surface area is 213 Å². The first-order chi connectivity index (χ1) is 17.4. The van der Waals surface area contributed by atoms with E-state index in [9.17, 15) is 8.78 Å². The van der Waals surface area contributed by atoms with Gasteiger partial charge in [-0.2, -0.15) is 0 Å². The summed E-state index contributed by atoms with van der Waals surface area (Å²) in [4.78, 5) is 4.85. The molecule has 1 heterocycles. The standard InChI is InChI=1S/C32H34F2N2/c1-4-25-10-8-21-36-31(29-11-7-6-9-23(29)3)30(25)26-14-18-28(19-15-26)35-22-20-24-12-16-27(17-13-24)32(33,34)5-2/h6-19,21,25,35H,4-5,20,22H2,1-3H3. The number of rotatable bonds is 9. The van der Waals surface area contributed by atoms with Gasteiger partial charge in [-0.15, -0.1) is 0 Å². The van der Waals surface area contributed by atoms with E-state index in [4.69, 9.17) is 4.99 Å². The highest BCUT2D eigenvalue weighted by Gasteiger charge is 2.28. The lowest BCUT2D eigenvalue weighted by Gasteiger charge is -2.20. The number of aryl methyl sites for hydroxylation is 1. The molecule has 4 rings (SSSR count). The zero-order valence-electron chi connectivity index (χ0n) is 21.3. The fourth-order valence-electron chi connectivity index (χ4n) is 4.63. The molecule has 0 radical (unpaired) electrons. The lowest BCUT2D eigenvalue weighted by molar-refractivity contribution is -0.00829. The molecule has 3 aromatic carbocycles. The number of allylic oxidation sites excluding steroid dienone is 3. The molecule has 0 amide bonds. The topological polar surface area (TPSA) is 24.4 Å². The molecule has 0 saturated heterocycles. The van der Waals surface area contributed by atoms with Gasteiger partial charge in [0.1, 0.15) is 0 Å². The van der Waals surface area contributed by atoms with Crippen molar-refractivity contribution < 1.29 is 8.78 Å². The molecule has 1 unspecified atom stereocenters. The van der Waals surface area contributed by atoms with E-state index < -0.39 is 5.92 Å². The highest BCUT2D eigenvalue weighted by atomic mass is 19.3. The first-order valence-corrected chi connectivity index (χ1v) is 12.8. The maximum absolute atomic E-state index is 13.8. The van der Waals surface area contributed by atoms with Gasteiger partial charge < -0.3 is 5.32 Å². The number of anilines is 1. The predicted molar refractivity (Wildman–Crippen MR) is 149 cm³/mol. The Bertz CT molecular complexity index is 1250. The van der Waals surface area contributed by atoms with E-state index in [1.807, 2.05) is 12.3 Å². The average Bonchev–Trinajstić information content (AvgIpc) is 3.12. The maximum atomic E-state index is 13.8. The first-order valence-electron chi connectivity index (χ1n) is 12.8. The van der Waals surface area contributed by atoms with Gasteiger partial charge in [-0.25, -0.2) is 8.78 Å². The second-order valence-electron chi connectivity index (χ2n) is 9.26. The normalized spacial score (nSPS) is 15.8. The molecule has 1 aliphatic heterocycles. The van der Waals surface area contributed by atoms with E-state index in [0.29, 0.717) is 0 Å². The van der Waals surface area contributed by atoms with Crippen molar-refractivity contribution in [2.24, 2.45) is 10.9 Å². The van der Waals surface area contributed by atoms with Crippen molar-refractivity contribution in [1.82, 2.24) is 0 Å². The van der Waals surface area contributed by atoms with Crippen molar-refractivity contribution in [3.63, 3.8) is 0 Å². The summed E-state index contributed by atoms with van der Waals surface area (Å²) in [5, 5.41) is 3.46. The number of alkyl halides is 2. The number of hydrogen-bond donors (Lipinski definition) is 1. The average molecular weight is 485 g/mol. The molecule has 0 aromatic heterocycles. The second kappa shape index (κ2) is 11.5. The van der Waals surface area contributed by atoms with Gasteiger partial charge in [0.15, 0.2) is 0 Å². The van der Waals surface area contributed by atoms with Crippen LogP contribution in [0, 0.1) is 12.8 Å². The smallest absolute Gasteiger partial charge is 0.273 e. The Hall–Kier alpha value is -3.53. The third-order valence-electron chi connectivity index (χ3n) is 6.86. The minimum atomic E-state index is -2.76. The Kier molecular flexibility index (Phi) is 8.14. The van der Waals surface area contributed by atoms with Crippen LogP contribution in [0.3, 0.4) is 0 Å². The molecular formula is C32H34F2N2. The minimum Gasteiger partial charge on any atom is -0.385 e. The van der Waals surface area contributed by atoms with Gasteiger partial charge in [-0.3, -0.25) is 4.99 Å². The van der Waals surface area contributed by atoms with E-state index in [2.05, 4.69) is 73.8 Å². The van der Waals surface area contributed by atoms with E-state index in [-0.39, 0.29) is 17.9 Å². The number of nitrogens with one attached hydrogen (secondary N) is 1. The molecule has 1 atom stereocenters. The molecule has 36 heavy (non-hydrogen) atoms. The van der Waals surface area contributed by atoms with Crippen LogP contribution in [-0.2, 0) is 12.3 Å². The van der Waals surface area contributed by atoms with Crippen molar-refractivity contribution in [1.29, 1.82) is 0 Å². The van der Waals surface area contributed by atoms with Crippen molar-refractivity contribution in [3.05, 3.63) is 113 Å². The molecular weight excluding hydrogens is 450 g/mol. The summed E-state index contributed by atoms with van der Waals surface area (Å²) in [6.07, 6.45) is 7.74. The highest BCUT2D eigenvalue weighted by molar-refractivity contribution is 5.97. The quantitative estimate of drug-likeness (QED) is 0.323.